The molecule has 3 aliphatic rings. The standard InChI is InChI=1S/C39H42N2O11/c1-45-24-11-12-25-26-13-14-41-20-22-17-32(36(48-4)33(38(43)49-5)27(22)19-29(41)34(26)40-28(25)18-24)51-37(42)21-15-30(46-2)35(31(16-21)47-3)52-39(44)50-23-9-7-6-8-10-23/h6-12,15-16,18,22,27,29,32-33,36,40H,13-14,17,19-20H2,1-5H3. The molecular formula is C39H42N2O11. The Labute approximate surface area is 301 Å². The van der Waals surface area contributed by atoms with Crippen LogP contribution in [0.25, 0.3) is 10.9 Å². The molecule has 6 atom stereocenters. The molecule has 0 radical (unpaired) electrons. The lowest BCUT2D eigenvalue weighted by molar-refractivity contribution is -0.176. The average Bonchev–Trinajstić information content (AvgIpc) is 3.55. The second-order valence-electron chi connectivity index (χ2n) is 13.3. The number of fused-ring (bicyclic) bond motifs is 6. The normalized spacial score (nSPS) is 23.7. The lowest BCUT2D eigenvalue weighted by Gasteiger charge is -2.52. The van der Waals surface area contributed by atoms with E-state index >= 15 is 0 Å². The third-order valence-electron chi connectivity index (χ3n) is 10.7. The van der Waals surface area contributed by atoms with Crippen LogP contribution >= 0.6 is 0 Å². The van der Waals surface area contributed by atoms with Gasteiger partial charge in [-0.1, -0.05) is 18.2 Å². The number of nitrogens with zero attached hydrogens (tertiary/aromatic N) is 1. The number of carbonyl (C=O) groups excluding carboxylic acids is 3. The number of carbonyl (C=O) groups is 3. The monoisotopic (exact) mass is 714 g/mol. The summed E-state index contributed by atoms with van der Waals surface area (Å²) in [6.45, 7) is 1.59. The number of para-hydroxylation sites is 1. The summed E-state index contributed by atoms with van der Waals surface area (Å²) in [5.41, 5.74) is 3.59. The zero-order valence-electron chi connectivity index (χ0n) is 29.7. The summed E-state index contributed by atoms with van der Waals surface area (Å²) in [6.07, 6.45) is -0.431. The van der Waals surface area contributed by atoms with Crippen molar-refractivity contribution in [2.24, 2.45) is 17.8 Å². The Morgan fingerprint density at radius 2 is 1.58 bits per heavy atom. The molecular weight excluding hydrogens is 672 g/mol. The minimum atomic E-state index is -1.02. The lowest BCUT2D eigenvalue weighted by atomic mass is 9.63. The Morgan fingerprint density at radius 1 is 0.827 bits per heavy atom. The summed E-state index contributed by atoms with van der Waals surface area (Å²) in [7, 11) is 7.29. The van der Waals surface area contributed by atoms with Crippen LogP contribution in [0.1, 0.15) is 40.5 Å². The first-order valence-corrected chi connectivity index (χ1v) is 17.2. The van der Waals surface area contributed by atoms with Crippen molar-refractivity contribution in [2.75, 3.05) is 48.6 Å². The summed E-state index contributed by atoms with van der Waals surface area (Å²) in [5, 5.41) is 1.19. The fraction of sp³-hybridized carbons (Fsp3) is 0.410. The van der Waals surface area contributed by atoms with Crippen LogP contribution in [0.2, 0.25) is 0 Å². The fourth-order valence-electron chi connectivity index (χ4n) is 8.35. The van der Waals surface area contributed by atoms with Crippen molar-refractivity contribution in [3.05, 3.63) is 77.5 Å². The number of methoxy groups -OCH3 is 5. The maximum Gasteiger partial charge on any atom is 0.519 e. The molecule has 1 aliphatic carbocycles. The first kappa shape index (κ1) is 35.1. The highest BCUT2D eigenvalue weighted by Gasteiger charge is 2.54. The first-order valence-electron chi connectivity index (χ1n) is 17.2. The number of H-pyrrole nitrogens is 1. The van der Waals surface area contributed by atoms with E-state index < -0.39 is 36.2 Å². The largest absolute Gasteiger partial charge is 0.519 e. The number of hydrogen-bond donors (Lipinski definition) is 1. The molecule has 1 saturated heterocycles. The second-order valence-corrected chi connectivity index (χ2v) is 13.3. The van der Waals surface area contributed by atoms with Crippen LogP contribution in [0.15, 0.2) is 60.7 Å². The Morgan fingerprint density at radius 3 is 2.25 bits per heavy atom. The molecule has 13 nitrogen and oxygen atoms in total. The predicted octanol–water partition coefficient (Wildman–Crippen LogP) is 5.74. The Hall–Kier alpha value is -5.27. The van der Waals surface area contributed by atoms with Gasteiger partial charge in [-0.3, -0.25) is 9.69 Å². The molecule has 0 amide bonds. The molecule has 52 heavy (non-hydrogen) atoms. The molecule has 1 saturated carbocycles. The number of aromatic amines is 1. The third kappa shape index (κ3) is 6.50. The molecule has 6 unspecified atom stereocenters. The number of rotatable bonds is 9. The van der Waals surface area contributed by atoms with Crippen LogP contribution in [0.5, 0.6) is 28.7 Å². The van der Waals surface area contributed by atoms with E-state index in [-0.39, 0.29) is 46.4 Å². The Balaban J connectivity index is 1.12. The minimum Gasteiger partial charge on any atom is -0.497 e. The summed E-state index contributed by atoms with van der Waals surface area (Å²) in [4.78, 5) is 46.1. The number of benzene rings is 3. The zero-order chi connectivity index (χ0) is 36.5. The van der Waals surface area contributed by atoms with E-state index in [1.165, 1.54) is 57.2 Å². The van der Waals surface area contributed by atoms with Gasteiger partial charge < -0.3 is 42.9 Å². The first-order chi connectivity index (χ1) is 25.3. The van der Waals surface area contributed by atoms with Crippen LogP contribution in [-0.4, -0.2) is 88.8 Å². The molecule has 1 N–H and O–H groups in total. The zero-order valence-corrected chi connectivity index (χ0v) is 29.7. The quantitative estimate of drug-likeness (QED) is 0.167. The van der Waals surface area contributed by atoms with Crippen molar-refractivity contribution in [1.82, 2.24) is 9.88 Å². The molecule has 274 valence electrons. The number of nitrogens with one attached hydrogen (secondary N) is 1. The maximum atomic E-state index is 13.8. The summed E-state index contributed by atoms with van der Waals surface area (Å²) >= 11 is 0. The van der Waals surface area contributed by atoms with E-state index in [0.717, 1.165) is 30.8 Å². The number of aromatic nitrogens is 1. The van der Waals surface area contributed by atoms with Crippen LogP contribution < -0.4 is 23.7 Å². The fourth-order valence-corrected chi connectivity index (χ4v) is 8.35. The molecule has 0 spiro atoms. The van der Waals surface area contributed by atoms with Gasteiger partial charge in [0, 0.05) is 42.9 Å². The van der Waals surface area contributed by atoms with Gasteiger partial charge in [-0.05, 0) is 73.1 Å². The van der Waals surface area contributed by atoms with Crippen molar-refractivity contribution in [2.45, 2.75) is 37.5 Å². The number of hydrogen-bond acceptors (Lipinski definition) is 12. The summed E-state index contributed by atoms with van der Waals surface area (Å²) < 4.78 is 44.6. The van der Waals surface area contributed by atoms with Gasteiger partial charge in [0.2, 0.25) is 5.75 Å². The van der Waals surface area contributed by atoms with E-state index in [2.05, 4.69) is 16.0 Å². The van der Waals surface area contributed by atoms with Crippen LogP contribution in [0, 0.1) is 17.8 Å². The highest BCUT2D eigenvalue weighted by Crippen LogP contribution is 2.51. The molecule has 3 heterocycles. The van der Waals surface area contributed by atoms with Gasteiger partial charge in [0.1, 0.15) is 23.7 Å². The molecule has 1 aromatic heterocycles. The summed E-state index contributed by atoms with van der Waals surface area (Å²) in [5.74, 6) is -0.692. The molecule has 0 bridgehead atoms. The highest BCUT2D eigenvalue weighted by atomic mass is 16.7. The van der Waals surface area contributed by atoms with Gasteiger partial charge in [-0.25, -0.2) is 9.59 Å². The smallest absolute Gasteiger partial charge is 0.497 e. The van der Waals surface area contributed by atoms with Crippen LogP contribution in [0.4, 0.5) is 4.79 Å². The Bertz CT molecular complexity index is 1940. The lowest BCUT2D eigenvalue weighted by Crippen LogP contribution is -2.58. The van der Waals surface area contributed by atoms with Gasteiger partial charge in [-0.15, -0.1) is 0 Å². The SMILES string of the molecule is COC(=O)C1C2CC3c4[nH]c5cc(OC)ccc5c4CCN3CC2CC(OC(=O)c2cc(OC)c(OC(=O)Oc3ccccc3)c(OC)c2)C1OC. The van der Waals surface area contributed by atoms with E-state index in [4.69, 9.17) is 37.9 Å². The molecule has 2 aliphatic heterocycles. The third-order valence-corrected chi connectivity index (χ3v) is 10.7. The molecule has 7 rings (SSSR count). The average molecular weight is 715 g/mol. The second kappa shape index (κ2) is 14.8. The molecule has 2 fully saturated rings. The van der Waals surface area contributed by atoms with Crippen molar-refractivity contribution in [3.63, 3.8) is 0 Å². The predicted molar refractivity (Wildman–Crippen MR) is 187 cm³/mol. The highest BCUT2D eigenvalue weighted by molar-refractivity contribution is 5.92. The van der Waals surface area contributed by atoms with E-state index in [1.54, 1.807) is 37.4 Å². The molecule has 4 aromatic rings. The van der Waals surface area contributed by atoms with Crippen molar-refractivity contribution in [3.8, 4) is 28.7 Å². The minimum absolute atomic E-state index is 0.0334. The van der Waals surface area contributed by atoms with Crippen LogP contribution in [-0.2, 0) is 25.4 Å². The number of piperidine rings is 1. The van der Waals surface area contributed by atoms with Crippen molar-refractivity contribution < 1.29 is 52.3 Å². The number of esters is 2. The van der Waals surface area contributed by atoms with Gasteiger partial charge in [0.25, 0.3) is 0 Å². The maximum absolute atomic E-state index is 13.8. The van der Waals surface area contributed by atoms with Gasteiger partial charge in [0.05, 0.1) is 46.0 Å². The van der Waals surface area contributed by atoms with E-state index in [9.17, 15) is 14.4 Å². The van der Waals surface area contributed by atoms with Gasteiger partial charge in [-0.2, -0.15) is 0 Å². The number of ether oxygens (including phenoxy) is 8. The van der Waals surface area contributed by atoms with Crippen LogP contribution in [0.3, 0.4) is 0 Å². The summed E-state index contributed by atoms with van der Waals surface area (Å²) in [6, 6.07) is 17.4. The topological polar surface area (TPSA) is 144 Å². The Kier molecular flexibility index (Phi) is 9.98. The van der Waals surface area contributed by atoms with Crippen molar-refractivity contribution >= 4 is 29.0 Å². The van der Waals surface area contributed by atoms with Crippen molar-refractivity contribution in [1.29, 1.82) is 0 Å². The van der Waals surface area contributed by atoms with E-state index in [1.807, 2.05) is 12.1 Å². The van der Waals surface area contributed by atoms with Gasteiger partial charge in [0.15, 0.2) is 11.5 Å². The van der Waals surface area contributed by atoms with Gasteiger partial charge >= 0.3 is 18.1 Å². The molecule has 13 heteroatoms. The van der Waals surface area contributed by atoms with E-state index in [0.29, 0.717) is 12.8 Å². The molecule has 3 aromatic carbocycles.